The van der Waals surface area contributed by atoms with Gasteiger partial charge in [0, 0.05) is 7.11 Å². The molecule has 0 aromatic heterocycles. The summed E-state index contributed by atoms with van der Waals surface area (Å²) < 4.78 is 4.92. The van der Waals surface area contributed by atoms with Gasteiger partial charge >= 0.3 is 0 Å². The van der Waals surface area contributed by atoms with Crippen LogP contribution >= 0.6 is 11.6 Å². The third kappa shape index (κ3) is 3.27. The van der Waals surface area contributed by atoms with Gasteiger partial charge in [-0.25, -0.2) is 0 Å². The quantitative estimate of drug-likeness (QED) is 0.528. The van der Waals surface area contributed by atoms with Crippen LogP contribution in [0.4, 0.5) is 0 Å². The van der Waals surface area contributed by atoms with Gasteiger partial charge in [0.05, 0.1) is 6.61 Å². The fourth-order valence-corrected chi connectivity index (χ4v) is 1.15. The Hall–Kier alpha value is -0.610. The number of aldehydes is 1. The summed E-state index contributed by atoms with van der Waals surface area (Å²) in [7, 11) is 1.48. The summed E-state index contributed by atoms with van der Waals surface area (Å²) in [5.74, 6) is -0.580. The van der Waals surface area contributed by atoms with Gasteiger partial charge in [-0.1, -0.05) is 13.8 Å². The molecular formula is C9H16ClNO3. The lowest BCUT2D eigenvalue weighted by Crippen LogP contribution is -2.57. The van der Waals surface area contributed by atoms with Crippen LogP contribution in [-0.4, -0.2) is 37.3 Å². The first-order valence-electron chi connectivity index (χ1n) is 4.34. The summed E-state index contributed by atoms with van der Waals surface area (Å²) >= 11 is 5.35. The van der Waals surface area contributed by atoms with Crippen LogP contribution in [0.2, 0.25) is 0 Å². The zero-order chi connectivity index (χ0) is 11.2. The van der Waals surface area contributed by atoms with Crippen molar-refractivity contribution < 1.29 is 14.3 Å². The molecule has 14 heavy (non-hydrogen) atoms. The molecule has 0 radical (unpaired) electrons. The van der Waals surface area contributed by atoms with Crippen molar-refractivity contribution in [2.45, 2.75) is 19.4 Å². The number of carbonyl (C=O) groups is 2. The molecule has 0 rings (SSSR count). The van der Waals surface area contributed by atoms with Gasteiger partial charge in [0.15, 0.2) is 0 Å². The number of ether oxygens (including phenoxy) is 1. The van der Waals surface area contributed by atoms with Gasteiger partial charge in [0.2, 0.25) is 5.91 Å². The second-order valence-corrected chi connectivity index (χ2v) is 3.69. The molecule has 0 aliphatic heterocycles. The highest BCUT2D eigenvalue weighted by Gasteiger charge is 2.35. The Morgan fingerprint density at radius 2 is 2.21 bits per heavy atom. The Balaban J connectivity index is 4.66. The lowest BCUT2D eigenvalue weighted by atomic mass is 9.88. The van der Waals surface area contributed by atoms with E-state index >= 15 is 0 Å². The zero-order valence-corrected chi connectivity index (χ0v) is 9.43. The minimum atomic E-state index is -0.972. The van der Waals surface area contributed by atoms with Crippen LogP contribution in [0.1, 0.15) is 13.8 Å². The van der Waals surface area contributed by atoms with E-state index in [-0.39, 0.29) is 24.3 Å². The minimum absolute atomic E-state index is 0.0490. The van der Waals surface area contributed by atoms with Crippen LogP contribution in [0.25, 0.3) is 0 Å². The van der Waals surface area contributed by atoms with Crippen molar-refractivity contribution in [3.8, 4) is 0 Å². The Morgan fingerprint density at radius 3 is 2.50 bits per heavy atom. The molecule has 0 spiro atoms. The molecule has 0 saturated carbocycles. The van der Waals surface area contributed by atoms with E-state index < -0.39 is 5.54 Å². The summed E-state index contributed by atoms with van der Waals surface area (Å²) in [6, 6.07) is 0. The second-order valence-electron chi connectivity index (χ2n) is 3.43. The standard InChI is InChI=1S/C9H16ClNO3/c1-7(2)9(5-12,6-14-3)11-8(13)4-10/h5,7H,4,6H2,1-3H3,(H,11,13)/t9-/m0/s1. The Bertz CT molecular complexity index is 208. The van der Waals surface area contributed by atoms with Gasteiger partial charge in [-0.2, -0.15) is 0 Å². The van der Waals surface area contributed by atoms with Crippen molar-refractivity contribution in [1.29, 1.82) is 0 Å². The lowest BCUT2D eigenvalue weighted by molar-refractivity contribution is -0.128. The number of alkyl halides is 1. The Morgan fingerprint density at radius 1 is 1.64 bits per heavy atom. The summed E-state index contributed by atoms with van der Waals surface area (Å²) in [6.07, 6.45) is 0.700. The number of methoxy groups -OCH3 is 1. The van der Waals surface area contributed by atoms with E-state index in [1.807, 2.05) is 13.8 Å². The number of carbonyl (C=O) groups excluding carboxylic acids is 2. The minimum Gasteiger partial charge on any atom is -0.382 e. The largest absolute Gasteiger partial charge is 0.382 e. The normalized spacial score (nSPS) is 14.9. The summed E-state index contributed by atoms with van der Waals surface area (Å²) in [5.41, 5.74) is -0.972. The van der Waals surface area contributed by atoms with Crippen LogP contribution in [0, 0.1) is 5.92 Å². The highest BCUT2D eigenvalue weighted by molar-refractivity contribution is 6.27. The molecule has 0 aliphatic rings. The zero-order valence-electron chi connectivity index (χ0n) is 8.67. The van der Waals surface area contributed by atoms with Gasteiger partial charge in [-0.3, -0.25) is 4.79 Å². The third-order valence-electron chi connectivity index (χ3n) is 2.12. The molecule has 0 aromatic rings. The molecule has 1 N–H and O–H groups in total. The maximum Gasteiger partial charge on any atom is 0.235 e. The first kappa shape index (κ1) is 13.4. The molecule has 5 heteroatoms. The smallest absolute Gasteiger partial charge is 0.235 e. The highest BCUT2D eigenvalue weighted by atomic mass is 35.5. The van der Waals surface area contributed by atoms with Crippen molar-refractivity contribution >= 4 is 23.8 Å². The predicted octanol–water partition coefficient (Wildman–Crippen LogP) is 0.581. The fraction of sp³-hybridized carbons (Fsp3) is 0.778. The van der Waals surface area contributed by atoms with E-state index in [0.29, 0.717) is 6.29 Å². The van der Waals surface area contributed by atoms with E-state index in [9.17, 15) is 9.59 Å². The van der Waals surface area contributed by atoms with E-state index in [1.165, 1.54) is 7.11 Å². The number of rotatable bonds is 6. The topological polar surface area (TPSA) is 55.4 Å². The van der Waals surface area contributed by atoms with E-state index in [2.05, 4.69) is 5.32 Å². The molecule has 0 bridgehead atoms. The van der Waals surface area contributed by atoms with Gasteiger partial charge in [0.1, 0.15) is 17.7 Å². The van der Waals surface area contributed by atoms with Crippen LogP contribution < -0.4 is 5.32 Å². The van der Waals surface area contributed by atoms with Crippen molar-refractivity contribution in [2.24, 2.45) is 5.92 Å². The fourth-order valence-electron chi connectivity index (χ4n) is 1.08. The Kier molecular flexibility index (Phi) is 5.72. The third-order valence-corrected chi connectivity index (χ3v) is 2.36. The van der Waals surface area contributed by atoms with Crippen LogP contribution in [0.3, 0.4) is 0 Å². The van der Waals surface area contributed by atoms with Gasteiger partial charge in [-0.05, 0) is 5.92 Å². The average Bonchev–Trinajstić information content (AvgIpc) is 2.16. The highest BCUT2D eigenvalue weighted by Crippen LogP contribution is 2.15. The van der Waals surface area contributed by atoms with Gasteiger partial charge in [-0.15, -0.1) is 11.6 Å². The van der Waals surface area contributed by atoms with Crippen LogP contribution in [0.15, 0.2) is 0 Å². The maximum atomic E-state index is 11.1. The SMILES string of the molecule is COC[C@](C=O)(NC(=O)CCl)C(C)C. The summed E-state index contributed by atoms with van der Waals surface area (Å²) in [5, 5.41) is 2.57. The molecule has 4 nitrogen and oxygen atoms in total. The second kappa shape index (κ2) is 5.98. The van der Waals surface area contributed by atoms with Crippen molar-refractivity contribution in [3.63, 3.8) is 0 Å². The van der Waals surface area contributed by atoms with E-state index in [4.69, 9.17) is 16.3 Å². The van der Waals surface area contributed by atoms with Crippen molar-refractivity contribution in [1.82, 2.24) is 5.32 Å². The van der Waals surface area contributed by atoms with Crippen LogP contribution in [0.5, 0.6) is 0 Å². The molecule has 1 amide bonds. The maximum absolute atomic E-state index is 11.1. The first-order chi connectivity index (χ1) is 6.52. The molecule has 1 atom stereocenters. The molecule has 0 heterocycles. The molecule has 0 unspecified atom stereocenters. The van der Waals surface area contributed by atoms with E-state index in [0.717, 1.165) is 0 Å². The summed E-state index contributed by atoms with van der Waals surface area (Å²) in [6.45, 7) is 3.82. The predicted molar refractivity (Wildman–Crippen MR) is 54.4 cm³/mol. The van der Waals surface area contributed by atoms with Gasteiger partial charge in [0.25, 0.3) is 0 Å². The molecule has 0 aromatic carbocycles. The average molecular weight is 222 g/mol. The number of halogens is 1. The molecule has 0 fully saturated rings. The van der Waals surface area contributed by atoms with Crippen molar-refractivity contribution in [3.05, 3.63) is 0 Å². The van der Waals surface area contributed by atoms with E-state index in [1.54, 1.807) is 0 Å². The number of nitrogens with one attached hydrogen (secondary N) is 1. The Labute approximate surface area is 88.9 Å². The molecular weight excluding hydrogens is 206 g/mol. The van der Waals surface area contributed by atoms with Crippen molar-refractivity contribution in [2.75, 3.05) is 19.6 Å². The monoisotopic (exact) mass is 221 g/mol. The lowest BCUT2D eigenvalue weighted by Gasteiger charge is -2.32. The first-order valence-corrected chi connectivity index (χ1v) is 4.88. The number of hydrogen-bond donors (Lipinski definition) is 1. The summed E-state index contributed by atoms with van der Waals surface area (Å²) in [4.78, 5) is 22.1. The van der Waals surface area contributed by atoms with Crippen LogP contribution in [-0.2, 0) is 14.3 Å². The number of hydrogen-bond acceptors (Lipinski definition) is 3. The molecule has 0 aliphatic carbocycles. The molecule has 0 saturated heterocycles. The molecule has 82 valence electrons. The number of amides is 1. The van der Waals surface area contributed by atoms with Gasteiger partial charge < -0.3 is 14.8 Å².